The maximum absolute atomic E-state index is 8.81. The fraction of sp³-hybridized carbons (Fsp3) is 0.250. The minimum absolute atomic E-state index is 0.0867. The molecule has 0 saturated heterocycles. The van der Waals surface area contributed by atoms with E-state index in [0.29, 0.717) is 0 Å². The van der Waals surface area contributed by atoms with E-state index in [1.54, 1.807) is 6.20 Å². The van der Waals surface area contributed by atoms with Crippen LogP contribution >= 0.6 is 0 Å². The van der Waals surface area contributed by atoms with Gasteiger partial charge in [-0.2, -0.15) is 0 Å². The first kappa shape index (κ1) is 6.49. The smallest absolute Gasteiger partial charge is 0.323 e. The Morgan fingerprint density at radius 1 is 1.64 bits per heavy atom. The lowest BCUT2D eigenvalue weighted by molar-refractivity contribution is -0.345. The highest BCUT2D eigenvalue weighted by atomic mass is 16.3. The van der Waals surface area contributed by atoms with Gasteiger partial charge in [-0.15, -0.1) is 0 Å². The maximum atomic E-state index is 8.81. The van der Waals surface area contributed by atoms with Crippen molar-refractivity contribution in [3.05, 3.63) is 23.9 Å². The summed E-state index contributed by atoms with van der Waals surface area (Å²) >= 11 is 0. The average Bonchev–Trinajstić information content (AvgIpc) is 2.87. The van der Waals surface area contributed by atoms with Crippen molar-refractivity contribution in [3.8, 4) is 0 Å². The molecule has 0 radical (unpaired) electrons. The molecule has 0 spiro atoms. The van der Waals surface area contributed by atoms with Crippen molar-refractivity contribution >= 4 is 12.0 Å². The molecule has 3 nitrogen and oxygen atoms in total. The summed E-state index contributed by atoms with van der Waals surface area (Å²) in [7, 11) is 0. The van der Waals surface area contributed by atoms with Crippen LogP contribution in [-0.4, -0.2) is 27.4 Å². The van der Waals surface area contributed by atoms with E-state index < -0.39 is 0 Å². The van der Waals surface area contributed by atoms with Crippen molar-refractivity contribution < 1.29 is 9.68 Å². The molecule has 1 aromatic rings. The molecule has 0 bridgehead atoms. The molecule has 0 aromatic carbocycles. The fourth-order valence-electron chi connectivity index (χ4n) is 0.944. The molecule has 1 aliphatic rings. The van der Waals surface area contributed by atoms with E-state index >= 15 is 0 Å². The van der Waals surface area contributed by atoms with E-state index in [2.05, 4.69) is 4.98 Å². The minimum Gasteiger partial charge on any atom is -0.392 e. The third-order valence-electron chi connectivity index (χ3n) is 1.65. The lowest BCUT2D eigenvalue weighted by Crippen LogP contribution is -1.89. The number of hydrogen-bond acceptors (Lipinski definition) is 2. The van der Waals surface area contributed by atoms with E-state index in [1.807, 2.05) is 22.9 Å². The monoisotopic (exact) mass is 149 g/mol. The van der Waals surface area contributed by atoms with Crippen LogP contribution in [-0.2, 0) is 6.61 Å². The summed E-state index contributed by atoms with van der Waals surface area (Å²) in [6, 6.07) is 3.70. The summed E-state index contributed by atoms with van der Waals surface area (Å²) in [5.41, 5.74) is 0.912. The fourth-order valence-corrected chi connectivity index (χ4v) is 0.944. The second-order valence-corrected chi connectivity index (χ2v) is 2.52. The summed E-state index contributed by atoms with van der Waals surface area (Å²) in [4.78, 5) is 4.13. The van der Waals surface area contributed by atoms with Crippen LogP contribution < -0.4 is 0 Å². The number of nitrogens with zero attached hydrogens (tertiary/aromatic N) is 2. The maximum Gasteiger partial charge on any atom is 0.323 e. The van der Waals surface area contributed by atoms with Crippen molar-refractivity contribution in [2.75, 3.05) is 6.54 Å². The first-order valence-corrected chi connectivity index (χ1v) is 3.56. The number of hydrogen-bond donors (Lipinski definition) is 1. The van der Waals surface area contributed by atoms with Gasteiger partial charge in [0, 0.05) is 6.07 Å². The van der Waals surface area contributed by atoms with Crippen LogP contribution in [0.25, 0.3) is 0 Å². The van der Waals surface area contributed by atoms with Crippen molar-refractivity contribution in [1.29, 1.82) is 0 Å². The molecule has 1 N–H and O–H groups in total. The van der Waals surface area contributed by atoms with Gasteiger partial charge in [-0.3, -0.25) is 0 Å². The van der Waals surface area contributed by atoms with Crippen LogP contribution in [0.5, 0.6) is 0 Å². The number of rotatable bonds is 2. The van der Waals surface area contributed by atoms with Crippen LogP contribution in [0, 0.1) is 0 Å². The molecule has 0 saturated carbocycles. The van der Waals surface area contributed by atoms with Crippen LogP contribution in [0.3, 0.4) is 0 Å². The van der Waals surface area contributed by atoms with Crippen LogP contribution in [0.2, 0.25) is 0 Å². The van der Waals surface area contributed by atoms with Gasteiger partial charge in [-0.05, 0) is 16.6 Å². The molecule has 1 aliphatic heterocycles. The largest absolute Gasteiger partial charge is 0.392 e. The zero-order valence-electron chi connectivity index (χ0n) is 6.07. The lowest BCUT2D eigenvalue weighted by atomic mass is 10.3. The third kappa shape index (κ3) is 1.28. The van der Waals surface area contributed by atoms with Gasteiger partial charge < -0.3 is 5.11 Å². The summed E-state index contributed by atoms with van der Waals surface area (Å²) in [5.74, 6) is 0.927. The Morgan fingerprint density at radius 2 is 2.45 bits per heavy atom. The van der Waals surface area contributed by atoms with Gasteiger partial charge in [0.05, 0.1) is 6.61 Å². The molecule has 0 unspecified atom stereocenters. The van der Waals surface area contributed by atoms with E-state index in [-0.39, 0.29) is 6.61 Å². The van der Waals surface area contributed by atoms with Gasteiger partial charge >= 0.3 is 5.82 Å². The van der Waals surface area contributed by atoms with Crippen molar-refractivity contribution in [2.45, 2.75) is 6.61 Å². The minimum atomic E-state index is 0.0867. The zero-order valence-corrected chi connectivity index (χ0v) is 6.07. The summed E-state index contributed by atoms with van der Waals surface area (Å²) in [5, 5.41) is 8.81. The van der Waals surface area contributed by atoms with Crippen LogP contribution in [0.15, 0.2) is 18.3 Å². The number of aliphatic hydroxyl groups is 1. The Labute approximate surface area is 64.6 Å². The Hall–Kier alpha value is -1.22. The predicted molar refractivity (Wildman–Crippen MR) is 41.0 cm³/mol. The van der Waals surface area contributed by atoms with Gasteiger partial charge in [-0.1, -0.05) is 0 Å². The van der Waals surface area contributed by atoms with Gasteiger partial charge in [-0.25, -0.2) is 4.58 Å². The first-order chi connectivity index (χ1) is 5.40. The Bertz CT molecular complexity index is 307. The SMILES string of the molecule is OCc1ccnc([N+]2=CC2)c1. The molecular weight excluding hydrogens is 140 g/mol. The van der Waals surface area contributed by atoms with Gasteiger partial charge in [0.1, 0.15) is 19.0 Å². The molecule has 2 heterocycles. The second kappa shape index (κ2) is 2.43. The second-order valence-electron chi connectivity index (χ2n) is 2.52. The van der Waals surface area contributed by atoms with Crippen molar-refractivity contribution in [2.24, 2.45) is 0 Å². The average molecular weight is 149 g/mol. The highest BCUT2D eigenvalue weighted by molar-refractivity contribution is 5.63. The van der Waals surface area contributed by atoms with E-state index in [4.69, 9.17) is 5.11 Å². The van der Waals surface area contributed by atoms with E-state index in [0.717, 1.165) is 17.9 Å². The lowest BCUT2D eigenvalue weighted by Gasteiger charge is -1.90. The quantitative estimate of drug-likeness (QED) is 0.614. The normalized spacial score (nSPS) is 14.5. The Morgan fingerprint density at radius 3 is 3.09 bits per heavy atom. The van der Waals surface area contributed by atoms with Crippen molar-refractivity contribution in [3.63, 3.8) is 0 Å². The molecule has 0 atom stereocenters. The topological polar surface area (TPSA) is 36.1 Å². The molecule has 1 aromatic heterocycles. The molecule has 56 valence electrons. The third-order valence-corrected chi connectivity index (χ3v) is 1.65. The number of aliphatic hydroxyl groups excluding tert-OH is 1. The summed E-state index contributed by atoms with van der Waals surface area (Å²) in [6.45, 7) is 1.06. The van der Waals surface area contributed by atoms with Gasteiger partial charge in [0.25, 0.3) is 0 Å². The zero-order chi connectivity index (χ0) is 7.68. The highest BCUT2D eigenvalue weighted by Gasteiger charge is 2.18. The van der Waals surface area contributed by atoms with Gasteiger partial charge in [0.15, 0.2) is 0 Å². The molecule has 0 fully saturated rings. The van der Waals surface area contributed by atoms with Crippen LogP contribution in [0.4, 0.5) is 5.82 Å². The first-order valence-electron chi connectivity index (χ1n) is 3.56. The molecule has 2 rings (SSSR count). The molecule has 3 heteroatoms. The van der Waals surface area contributed by atoms with Gasteiger partial charge in [0.2, 0.25) is 0 Å². The Balaban J connectivity index is 2.34. The summed E-state index contributed by atoms with van der Waals surface area (Å²) < 4.78 is 2.03. The molecule has 0 aliphatic carbocycles. The Kier molecular flexibility index (Phi) is 1.43. The standard InChI is InChI=1S/C8H9N2O/c11-6-7-1-2-9-8(5-7)10-3-4-10/h1-3,5,11H,4,6H2/q+1. The van der Waals surface area contributed by atoms with Crippen molar-refractivity contribution in [1.82, 2.24) is 4.98 Å². The predicted octanol–water partition coefficient (Wildman–Crippen LogP) is 0.302. The highest BCUT2D eigenvalue weighted by Crippen LogP contribution is 2.12. The number of pyridine rings is 1. The molecular formula is C8H9N2O+. The van der Waals surface area contributed by atoms with E-state index in [1.165, 1.54) is 0 Å². The molecule has 11 heavy (non-hydrogen) atoms. The summed E-state index contributed by atoms with van der Waals surface area (Å²) in [6.07, 6.45) is 3.76. The molecule has 0 amide bonds. The number of aromatic nitrogens is 1. The van der Waals surface area contributed by atoms with Crippen LogP contribution in [0.1, 0.15) is 5.56 Å². The van der Waals surface area contributed by atoms with E-state index in [9.17, 15) is 0 Å².